The minimum absolute atomic E-state index is 0.0639. The van der Waals surface area contributed by atoms with Crippen LogP contribution in [-0.4, -0.2) is 27.0 Å². The molecule has 0 aliphatic rings. The Labute approximate surface area is 128 Å². The standard InChI is InChI=1S/C13H12F3N5O2/c1-6-17-12(21-20-6)19-11(23)8-3-9(13(14,15)16)5-10(4-8)18-7(2)22/h3-5H,1-2H3,(H,18,22)(H2,17,19,20,21,23). The number of hydrogen-bond acceptors (Lipinski definition) is 4. The van der Waals surface area contributed by atoms with E-state index in [2.05, 4.69) is 25.8 Å². The van der Waals surface area contributed by atoms with Gasteiger partial charge in [-0.25, -0.2) is 0 Å². The van der Waals surface area contributed by atoms with Gasteiger partial charge in [0.1, 0.15) is 5.82 Å². The van der Waals surface area contributed by atoms with Crippen molar-refractivity contribution in [2.75, 3.05) is 10.6 Å². The van der Waals surface area contributed by atoms with Crippen LogP contribution < -0.4 is 10.6 Å². The second-order valence-electron chi connectivity index (χ2n) is 4.68. The number of nitrogens with one attached hydrogen (secondary N) is 3. The number of rotatable bonds is 3. The van der Waals surface area contributed by atoms with E-state index in [1.165, 1.54) is 0 Å². The van der Waals surface area contributed by atoms with Crippen molar-refractivity contribution in [3.8, 4) is 0 Å². The number of H-pyrrole nitrogens is 1. The number of aromatic amines is 1. The summed E-state index contributed by atoms with van der Waals surface area (Å²) >= 11 is 0. The van der Waals surface area contributed by atoms with Crippen molar-refractivity contribution in [1.82, 2.24) is 15.2 Å². The molecule has 23 heavy (non-hydrogen) atoms. The predicted molar refractivity (Wildman–Crippen MR) is 74.8 cm³/mol. The maximum atomic E-state index is 12.9. The van der Waals surface area contributed by atoms with E-state index in [1.807, 2.05) is 0 Å². The van der Waals surface area contributed by atoms with E-state index >= 15 is 0 Å². The molecule has 2 aromatic rings. The third-order valence-corrected chi connectivity index (χ3v) is 2.67. The number of amides is 2. The third-order valence-electron chi connectivity index (χ3n) is 2.67. The number of hydrogen-bond donors (Lipinski definition) is 3. The molecule has 0 atom stereocenters. The quantitative estimate of drug-likeness (QED) is 0.805. The summed E-state index contributed by atoms with van der Waals surface area (Å²) in [5.41, 5.74) is -1.48. The molecule has 122 valence electrons. The molecule has 0 spiro atoms. The largest absolute Gasteiger partial charge is 0.416 e. The summed E-state index contributed by atoms with van der Waals surface area (Å²) in [5.74, 6) is -1.02. The fourth-order valence-corrected chi connectivity index (χ4v) is 1.77. The van der Waals surface area contributed by atoms with Crippen LogP contribution in [0.25, 0.3) is 0 Å². The highest BCUT2D eigenvalue weighted by molar-refractivity contribution is 6.04. The van der Waals surface area contributed by atoms with Gasteiger partial charge in [0.15, 0.2) is 0 Å². The lowest BCUT2D eigenvalue weighted by atomic mass is 10.1. The topological polar surface area (TPSA) is 99.8 Å². The number of anilines is 2. The molecule has 0 saturated carbocycles. The summed E-state index contributed by atoms with van der Waals surface area (Å²) in [6.45, 7) is 2.75. The molecule has 0 fully saturated rings. The average molecular weight is 327 g/mol. The van der Waals surface area contributed by atoms with Gasteiger partial charge in [0.25, 0.3) is 5.91 Å². The van der Waals surface area contributed by atoms with Gasteiger partial charge in [-0.1, -0.05) is 0 Å². The Morgan fingerprint density at radius 2 is 1.87 bits per heavy atom. The van der Waals surface area contributed by atoms with E-state index in [9.17, 15) is 22.8 Å². The Bertz CT molecular complexity index is 754. The Balaban J connectivity index is 2.35. The van der Waals surface area contributed by atoms with Gasteiger partial charge >= 0.3 is 6.18 Å². The highest BCUT2D eigenvalue weighted by Crippen LogP contribution is 2.32. The molecule has 2 amide bonds. The van der Waals surface area contributed by atoms with Gasteiger partial charge < -0.3 is 5.32 Å². The molecule has 2 rings (SSSR count). The number of nitrogens with zero attached hydrogens (tertiary/aromatic N) is 2. The lowest BCUT2D eigenvalue weighted by Crippen LogP contribution is -2.16. The van der Waals surface area contributed by atoms with Gasteiger partial charge in [-0.2, -0.15) is 18.2 Å². The summed E-state index contributed by atoms with van der Waals surface area (Å²) in [7, 11) is 0. The molecule has 1 aromatic carbocycles. The molecular weight excluding hydrogens is 315 g/mol. The smallest absolute Gasteiger partial charge is 0.326 e. The molecule has 0 bridgehead atoms. The van der Waals surface area contributed by atoms with Gasteiger partial charge in [0, 0.05) is 18.2 Å². The first-order chi connectivity index (χ1) is 10.6. The molecule has 10 heteroatoms. The highest BCUT2D eigenvalue weighted by Gasteiger charge is 2.32. The van der Waals surface area contributed by atoms with Crippen molar-refractivity contribution in [2.45, 2.75) is 20.0 Å². The van der Waals surface area contributed by atoms with Crippen molar-refractivity contribution in [3.05, 3.63) is 35.2 Å². The first kappa shape index (κ1) is 16.5. The number of halogens is 3. The lowest BCUT2D eigenvalue weighted by Gasteiger charge is -2.12. The van der Waals surface area contributed by atoms with Crippen LogP contribution in [0, 0.1) is 6.92 Å². The van der Waals surface area contributed by atoms with Gasteiger partial charge in [-0.3, -0.25) is 20.0 Å². The van der Waals surface area contributed by atoms with Crippen LogP contribution in [0.5, 0.6) is 0 Å². The van der Waals surface area contributed by atoms with Crippen molar-refractivity contribution in [2.24, 2.45) is 0 Å². The van der Waals surface area contributed by atoms with Gasteiger partial charge in [-0.05, 0) is 25.1 Å². The fraction of sp³-hybridized carbons (Fsp3) is 0.231. The summed E-state index contributed by atoms with van der Waals surface area (Å²) in [4.78, 5) is 26.9. The maximum Gasteiger partial charge on any atom is 0.416 e. The second kappa shape index (κ2) is 6.07. The zero-order valence-electron chi connectivity index (χ0n) is 12.1. The normalized spacial score (nSPS) is 11.2. The molecule has 3 N–H and O–H groups in total. The Morgan fingerprint density at radius 1 is 1.17 bits per heavy atom. The predicted octanol–water partition coefficient (Wildman–Crippen LogP) is 2.34. The zero-order valence-corrected chi connectivity index (χ0v) is 12.1. The van der Waals surface area contributed by atoms with Crippen LogP contribution in [0.1, 0.15) is 28.7 Å². The van der Waals surface area contributed by atoms with Crippen LogP contribution in [0.2, 0.25) is 0 Å². The molecule has 0 unspecified atom stereocenters. The fourth-order valence-electron chi connectivity index (χ4n) is 1.77. The number of aryl methyl sites for hydroxylation is 1. The minimum atomic E-state index is -4.66. The van der Waals surface area contributed by atoms with Crippen LogP contribution in [0.3, 0.4) is 0 Å². The number of benzene rings is 1. The summed E-state index contributed by atoms with van der Waals surface area (Å²) in [6.07, 6.45) is -4.66. The average Bonchev–Trinajstić information content (AvgIpc) is 2.82. The van der Waals surface area contributed by atoms with Gasteiger partial charge in [0.2, 0.25) is 11.9 Å². The number of carbonyl (C=O) groups is 2. The van der Waals surface area contributed by atoms with E-state index in [4.69, 9.17) is 0 Å². The van der Waals surface area contributed by atoms with Crippen LogP contribution >= 0.6 is 0 Å². The van der Waals surface area contributed by atoms with E-state index < -0.39 is 23.6 Å². The monoisotopic (exact) mass is 327 g/mol. The highest BCUT2D eigenvalue weighted by atomic mass is 19.4. The molecule has 0 saturated heterocycles. The van der Waals surface area contributed by atoms with Crippen LogP contribution in [0.4, 0.5) is 24.8 Å². The van der Waals surface area contributed by atoms with Crippen molar-refractivity contribution in [3.63, 3.8) is 0 Å². The molecule has 7 nitrogen and oxygen atoms in total. The Morgan fingerprint density at radius 3 is 2.39 bits per heavy atom. The van der Waals surface area contributed by atoms with Crippen molar-refractivity contribution in [1.29, 1.82) is 0 Å². The third kappa shape index (κ3) is 4.28. The lowest BCUT2D eigenvalue weighted by molar-refractivity contribution is -0.137. The van der Waals surface area contributed by atoms with E-state index in [-0.39, 0.29) is 17.2 Å². The SMILES string of the molecule is CC(=O)Nc1cc(C(=O)Nc2n[nH]c(C)n2)cc(C(F)(F)F)c1. The molecule has 1 aromatic heterocycles. The minimum Gasteiger partial charge on any atom is -0.326 e. The molecule has 0 aliphatic carbocycles. The van der Waals surface area contributed by atoms with Crippen LogP contribution in [-0.2, 0) is 11.0 Å². The van der Waals surface area contributed by atoms with Gasteiger partial charge in [-0.15, -0.1) is 5.10 Å². The number of aromatic nitrogens is 3. The van der Waals surface area contributed by atoms with E-state index in [1.54, 1.807) is 6.92 Å². The Hall–Kier alpha value is -2.91. The van der Waals surface area contributed by atoms with Crippen molar-refractivity contribution >= 4 is 23.5 Å². The molecule has 1 heterocycles. The summed E-state index contributed by atoms with van der Waals surface area (Å²) in [6, 6.07) is 2.56. The van der Waals surface area contributed by atoms with Crippen LogP contribution in [0.15, 0.2) is 18.2 Å². The Kier molecular flexibility index (Phi) is 4.34. The maximum absolute atomic E-state index is 12.9. The second-order valence-corrected chi connectivity index (χ2v) is 4.68. The number of alkyl halides is 3. The number of carbonyl (C=O) groups excluding carboxylic acids is 2. The molecular formula is C13H12F3N5O2. The summed E-state index contributed by atoms with van der Waals surface area (Å²) < 4.78 is 38.7. The van der Waals surface area contributed by atoms with E-state index in [0.717, 1.165) is 19.1 Å². The zero-order chi connectivity index (χ0) is 17.2. The first-order valence-corrected chi connectivity index (χ1v) is 6.35. The summed E-state index contributed by atoms with van der Waals surface area (Å²) in [5, 5.41) is 10.6. The first-order valence-electron chi connectivity index (χ1n) is 6.35. The molecule has 0 aliphatic heterocycles. The molecule has 0 radical (unpaired) electrons. The van der Waals surface area contributed by atoms with E-state index in [0.29, 0.717) is 11.9 Å². The van der Waals surface area contributed by atoms with Gasteiger partial charge in [0.05, 0.1) is 5.56 Å². The van der Waals surface area contributed by atoms with Crippen molar-refractivity contribution < 1.29 is 22.8 Å².